The number of aromatic nitrogens is 2. The summed E-state index contributed by atoms with van der Waals surface area (Å²) in [6, 6.07) is 8.17. The third-order valence-electron chi connectivity index (χ3n) is 6.34. The molecule has 1 aliphatic heterocycles. The fraction of sp³-hybridized carbons (Fsp3) is 0.476. The highest BCUT2D eigenvalue weighted by Crippen LogP contribution is 2.65. The molecule has 2 fully saturated rings. The predicted molar refractivity (Wildman–Crippen MR) is 99.9 cm³/mol. The van der Waals surface area contributed by atoms with Gasteiger partial charge in [0.1, 0.15) is 5.82 Å². The van der Waals surface area contributed by atoms with Gasteiger partial charge in [-0.3, -0.25) is 9.59 Å². The number of carbonyl (C=O) groups is 1. The smallest absolute Gasteiger partial charge is 0.250 e. The van der Waals surface area contributed by atoms with Crippen molar-refractivity contribution in [3.8, 4) is 0 Å². The highest BCUT2D eigenvalue weighted by molar-refractivity contribution is 5.93. The molecular formula is C21H24FN3O2. The van der Waals surface area contributed by atoms with Crippen LogP contribution in [-0.2, 0) is 10.2 Å². The molecule has 2 aliphatic rings. The van der Waals surface area contributed by atoms with Gasteiger partial charge in [0.05, 0.1) is 17.4 Å². The molecule has 0 spiro atoms. The molecule has 1 aromatic heterocycles. The minimum atomic E-state index is -0.771. The second kappa shape index (κ2) is 6.29. The lowest BCUT2D eigenvalue weighted by Gasteiger charge is -2.35. The molecule has 5 nitrogen and oxygen atoms in total. The molecule has 1 saturated carbocycles. The standard InChI is InChI=1S/C21H24FN3O2/c1-20(2)12-21(20,15-5-3-4-6-16(15)22)19(27)25-9-7-14(8-10-25)17-11-18(26)24-13-23-17/h3-6,11,13-14H,7-10,12H2,1-2H3,(H,23,24,26)/t21-/m0/s1. The van der Waals surface area contributed by atoms with Crippen LogP contribution >= 0.6 is 0 Å². The Labute approximate surface area is 157 Å². The van der Waals surface area contributed by atoms with Gasteiger partial charge in [0.2, 0.25) is 5.91 Å². The number of hydrogen-bond acceptors (Lipinski definition) is 3. The highest BCUT2D eigenvalue weighted by Gasteiger charge is 2.68. The van der Waals surface area contributed by atoms with E-state index in [0.717, 1.165) is 18.5 Å². The second-order valence-corrected chi connectivity index (χ2v) is 8.35. The van der Waals surface area contributed by atoms with Crippen LogP contribution in [0.5, 0.6) is 0 Å². The molecule has 6 heteroatoms. The summed E-state index contributed by atoms with van der Waals surface area (Å²) >= 11 is 0. The summed E-state index contributed by atoms with van der Waals surface area (Å²) in [4.78, 5) is 33.6. The van der Waals surface area contributed by atoms with E-state index in [-0.39, 0.29) is 28.6 Å². The molecule has 4 rings (SSSR count). The molecule has 2 heterocycles. The van der Waals surface area contributed by atoms with E-state index in [1.807, 2.05) is 18.7 Å². The number of nitrogens with zero attached hydrogens (tertiary/aromatic N) is 2. The Morgan fingerprint density at radius 1 is 1.26 bits per heavy atom. The number of H-pyrrole nitrogens is 1. The summed E-state index contributed by atoms with van der Waals surface area (Å²) in [5, 5.41) is 0. The summed E-state index contributed by atoms with van der Waals surface area (Å²) < 4.78 is 14.5. The monoisotopic (exact) mass is 369 g/mol. The lowest BCUT2D eigenvalue weighted by Crippen LogP contribution is -2.45. The number of halogens is 1. The van der Waals surface area contributed by atoms with Crippen molar-refractivity contribution in [1.29, 1.82) is 0 Å². The molecule has 1 atom stereocenters. The normalized spacial score (nSPS) is 24.6. The van der Waals surface area contributed by atoms with Crippen LogP contribution < -0.4 is 5.56 Å². The first-order chi connectivity index (χ1) is 12.8. The first kappa shape index (κ1) is 17.9. The van der Waals surface area contributed by atoms with Crippen molar-refractivity contribution < 1.29 is 9.18 Å². The molecule has 142 valence electrons. The van der Waals surface area contributed by atoms with Crippen molar-refractivity contribution >= 4 is 5.91 Å². The van der Waals surface area contributed by atoms with Gasteiger partial charge in [-0.15, -0.1) is 0 Å². The van der Waals surface area contributed by atoms with E-state index < -0.39 is 5.41 Å². The van der Waals surface area contributed by atoms with Gasteiger partial charge in [0, 0.05) is 30.6 Å². The van der Waals surface area contributed by atoms with Gasteiger partial charge in [-0.1, -0.05) is 32.0 Å². The maximum atomic E-state index is 14.5. The summed E-state index contributed by atoms with van der Waals surface area (Å²) in [5.41, 5.74) is 0.113. The summed E-state index contributed by atoms with van der Waals surface area (Å²) in [5.74, 6) is -0.109. The minimum Gasteiger partial charge on any atom is -0.342 e. The molecule has 1 saturated heterocycles. The van der Waals surface area contributed by atoms with Gasteiger partial charge in [-0.25, -0.2) is 9.37 Å². The molecule has 0 bridgehead atoms. The van der Waals surface area contributed by atoms with Gasteiger partial charge in [0.25, 0.3) is 5.56 Å². The molecule has 0 unspecified atom stereocenters. The van der Waals surface area contributed by atoms with Gasteiger partial charge in [-0.05, 0) is 30.7 Å². The summed E-state index contributed by atoms with van der Waals surface area (Å²) in [7, 11) is 0. The summed E-state index contributed by atoms with van der Waals surface area (Å²) in [6.07, 6.45) is 3.61. The number of rotatable bonds is 3. The number of likely N-dealkylation sites (tertiary alicyclic amines) is 1. The lowest BCUT2D eigenvalue weighted by molar-refractivity contribution is -0.136. The van der Waals surface area contributed by atoms with Crippen molar-refractivity contribution in [2.75, 3.05) is 13.1 Å². The third kappa shape index (κ3) is 2.87. The number of benzene rings is 1. The maximum absolute atomic E-state index is 14.5. The van der Waals surface area contributed by atoms with Crippen LogP contribution in [0, 0.1) is 11.2 Å². The Kier molecular flexibility index (Phi) is 4.17. The third-order valence-corrected chi connectivity index (χ3v) is 6.34. The average Bonchev–Trinajstić information content (AvgIpc) is 3.25. The molecule has 2 aromatic rings. The average molecular weight is 369 g/mol. The predicted octanol–water partition coefficient (Wildman–Crippen LogP) is 2.98. The topological polar surface area (TPSA) is 66.1 Å². The lowest BCUT2D eigenvalue weighted by atomic mass is 9.84. The largest absolute Gasteiger partial charge is 0.342 e. The number of amides is 1. The highest BCUT2D eigenvalue weighted by atomic mass is 19.1. The van der Waals surface area contributed by atoms with Crippen LogP contribution in [0.4, 0.5) is 4.39 Å². The SMILES string of the molecule is CC1(C)C[C@@]1(C(=O)N1CCC(c2cc(=O)[nH]cn2)CC1)c1ccccc1F. The van der Waals surface area contributed by atoms with E-state index in [9.17, 15) is 14.0 Å². The van der Waals surface area contributed by atoms with E-state index in [0.29, 0.717) is 25.1 Å². The molecule has 0 radical (unpaired) electrons. The van der Waals surface area contributed by atoms with Gasteiger partial charge in [-0.2, -0.15) is 0 Å². The minimum absolute atomic E-state index is 0.0231. The van der Waals surface area contributed by atoms with E-state index in [2.05, 4.69) is 9.97 Å². The number of piperidine rings is 1. The van der Waals surface area contributed by atoms with Gasteiger partial charge in [0.15, 0.2) is 0 Å². The molecular weight excluding hydrogens is 345 g/mol. The number of hydrogen-bond donors (Lipinski definition) is 1. The fourth-order valence-corrected chi connectivity index (χ4v) is 4.62. The van der Waals surface area contributed by atoms with E-state index >= 15 is 0 Å². The zero-order valence-corrected chi connectivity index (χ0v) is 15.7. The van der Waals surface area contributed by atoms with Crippen molar-refractivity contribution in [3.05, 3.63) is 64.1 Å². The Morgan fingerprint density at radius 3 is 2.52 bits per heavy atom. The zero-order valence-electron chi connectivity index (χ0n) is 15.7. The zero-order chi connectivity index (χ0) is 19.2. The van der Waals surface area contributed by atoms with Crippen LogP contribution in [0.25, 0.3) is 0 Å². The van der Waals surface area contributed by atoms with Crippen LogP contribution in [0.3, 0.4) is 0 Å². The van der Waals surface area contributed by atoms with Crippen molar-refractivity contribution in [3.63, 3.8) is 0 Å². The molecule has 1 aliphatic carbocycles. The van der Waals surface area contributed by atoms with E-state index in [1.54, 1.807) is 18.2 Å². The van der Waals surface area contributed by atoms with Crippen molar-refractivity contribution in [2.24, 2.45) is 5.41 Å². The Balaban J connectivity index is 1.54. The Bertz CT molecular complexity index is 931. The second-order valence-electron chi connectivity index (χ2n) is 8.35. The number of nitrogens with one attached hydrogen (secondary N) is 1. The van der Waals surface area contributed by atoms with E-state index in [1.165, 1.54) is 18.5 Å². The first-order valence-corrected chi connectivity index (χ1v) is 9.44. The van der Waals surface area contributed by atoms with Crippen LogP contribution in [0.15, 0.2) is 41.5 Å². The van der Waals surface area contributed by atoms with Crippen molar-refractivity contribution in [1.82, 2.24) is 14.9 Å². The maximum Gasteiger partial charge on any atom is 0.250 e. The molecule has 1 amide bonds. The fourth-order valence-electron chi connectivity index (χ4n) is 4.62. The Hall–Kier alpha value is -2.50. The quantitative estimate of drug-likeness (QED) is 0.905. The first-order valence-electron chi connectivity index (χ1n) is 9.44. The van der Waals surface area contributed by atoms with Crippen molar-refractivity contribution in [2.45, 2.75) is 44.4 Å². The number of carbonyl (C=O) groups excluding carboxylic acids is 1. The summed E-state index contributed by atoms with van der Waals surface area (Å²) in [6.45, 7) is 5.27. The van der Waals surface area contributed by atoms with Crippen LogP contribution in [0.1, 0.15) is 50.3 Å². The van der Waals surface area contributed by atoms with Crippen LogP contribution in [0.2, 0.25) is 0 Å². The number of aromatic amines is 1. The van der Waals surface area contributed by atoms with Gasteiger partial charge >= 0.3 is 0 Å². The van der Waals surface area contributed by atoms with Crippen LogP contribution in [-0.4, -0.2) is 33.9 Å². The molecule has 1 N–H and O–H groups in total. The molecule has 1 aromatic carbocycles. The van der Waals surface area contributed by atoms with Gasteiger partial charge < -0.3 is 9.88 Å². The Morgan fingerprint density at radius 2 is 1.93 bits per heavy atom. The molecule has 27 heavy (non-hydrogen) atoms. The van der Waals surface area contributed by atoms with E-state index in [4.69, 9.17) is 0 Å².